The van der Waals surface area contributed by atoms with Crippen molar-refractivity contribution < 1.29 is 14.3 Å². The first-order chi connectivity index (χ1) is 12.5. The third-order valence-corrected chi connectivity index (χ3v) is 3.85. The van der Waals surface area contributed by atoms with Gasteiger partial charge < -0.3 is 9.47 Å². The van der Waals surface area contributed by atoms with Crippen LogP contribution in [0, 0.1) is 6.92 Å². The summed E-state index contributed by atoms with van der Waals surface area (Å²) in [6.07, 6.45) is 1.56. The van der Waals surface area contributed by atoms with E-state index in [-0.39, 0.29) is 12.5 Å². The average Bonchev–Trinajstić information content (AvgIpc) is 2.62. The molecule has 0 aliphatic rings. The van der Waals surface area contributed by atoms with Gasteiger partial charge in [-0.1, -0.05) is 38.1 Å². The van der Waals surface area contributed by atoms with Crippen LogP contribution in [-0.4, -0.2) is 25.3 Å². The zero-order valence-electron chi connectivity index (χ0n) is 15.8. The average molecular weight is 354 g/mol. The highest BCUT2D eigenvalue weighted by Crippen LogP contribution is 2.24. The van der Waals surface area contributed by atoms with Gasteiger partial charge in [0.15, 0.2) is 6.61 Å². The molecule has 0 aliphatic heterocycles. The number of carbonyl (C=O) groups excluding carboxylic acids is 1. The summed E-state index contributed by atoms with van der Waals surface area (Å²) in [6, 6.07) is 13.6. The molecule has 0 aliphatic carbocycles. The number of nitrogens with one attached hydrogen (secondary N) is 1. The molecule has 2 aromatic carbocycles. The number of aryl methyl sites for hydroxylation is 1. The zero-order chi connectivity index (χ0) is 18.9. The molecule has 0 spiro atoms. The summed E-state index contributed by atoms with van der Waals surface area (Å²) in [5.74, 6) is 1.54. The highest BCUT2D eigenvalue weighted by Gasteiger charge is 2.07. The van der Waals surface area contributed by atoms with E-state index in [1.54, 1.807) is 6.21 Å². The molecular formula is C21H26N2O3. The highest BCUT2D eigenvalue weighted by atomic mass is 16.5. The Balaban J connectivity index is 1.91. The van der Waals surface area contributed by atoms with Crippen LogP contribution >= 0.6 is 0 Å². The largest absolute Gasteiger partial charge is 0.493 e. The van der Waals surface area contributed by atoms with E-state index in [1.165, 1.54) is 5.56 Å². The Morgan fingerprint density at radius 3 is 2.65 bits per heavy atom. The molecule has 138 valence electrons. The Bertz CT molecular complexity index is 770. The third kappa shape index (κ3) is 5.62. The summed E-state index contributed by atoms with van der Waals surface area (Å²) in [6.45, 7) is 8.60. The topological polar surface area (TPSA) is 59.9 Å². The first kappa shape index (κ1) is 19.5. The number of nitrogens with zero attached hydrogens (tertiary/aromatic N) is 1. The maximum Gasteiger partial charge on any atom is 0.277 e. The van der Waals surface area contributed by atoms with Gasteiger partial charge in [0.1, 0.15) is 11.5 Å². The van der Waals surface area contributed by atoms with E-state index in [4.69, 9.17) is 9.47 Å². The van der Waals surface area contributed by atoms with Gasteiger partial charge in [0, 0.05) is 5.56 Å². The van der Waals surface area contributed by atoms with Crippen molar-refractivity contribution in [3.05, 3.63) is 59.2 Å². The molecule has 0 unspecified atom stereocenters. The van der Waals surface area contributed by atoms with E-state index in [0.29, 0.717) is 12.5 Å². The lowest BCUT2D eigenvalue weighted by Crippen LogP contribution is -2.24. The smallest absolute Gasteiger partial charge is 0.277 e. The minimum Gasteiger partial charge on any atom is -0.493 e. The molecule has 0 atom stereocenters. The summed E-state index contributed by atoms with van der Waals surface area (Å²) in [5.41, 5.74) is 5.45. The molecular weight excluding hydrogens is 328 g/mol. The van der Waals surface area contributed by atoms with E-state index in [0.717, 1.165) is 22.6 Å². The van der Waals surface area contributed by atoms with Crippen molar-refractivity contribution in [2.24, 2.45) is 5.10 Å². The van der Waals surface area contributed by atoms with E-state index in [1.807, 2.05) is 50.2 Å². The fourth-order valence-corrected chi connectivity index (χ4v) is 2.35. The summed E-state index contributed by atoms with van der Waals surface area (Å²) in [7, 11) is 0. The molecule has 0 fully saturated rings. The monoisotopic (exact) mass is 354 g/mol. The predicted octanol–water partition coefficient (Wildman–Crippen LogP) is 4.05. The van der Waals surface area contributed by atoms with Crippen LogP contribution in [0.15, 0.2) is 47.6 Å². The Labute approximate surface area is 155 Å². The number of para-hydroxylation sites is 1. The highest BCUT2D eigenvalue weighted by molar-refractivity contribution is 5.85. The number of ether oxygens (including phenoxy) is 2. The quantitative estimate of drug-likeness (QED) is 0.575. The molecule has 0 heterocycles. The molecule has 2 aromatic rings. The van der Waals surface area contributed by atoms with E-state index in [9.17, 15) is 4.79 Å². The molecule has 0 bridgehead atoms. The van der Waals surface area contributed by atoms with Crippen molar-refractivity contribution in [2.45, 2.75) is 33.6 Å². The third-order valence-electron chi connectivity index (χ3n) is 3.85. The van der Waals surface area contributed by atoms with Crippen LogP contribution < -0.4 is 14.9 Å². The molecule has 1 N–H and O–H groups in total. The van der Waals surface area contributed by atoms with E-state index < -0.39 is 0 Å². The van der Waals surface area contributed by atoms with Gasteiger partial charge in [0.2, 0.25) is 0 Å². The summed E-state index contributed by atoms with van der Waals surface area (Å²) in [5, 5.41) is 3.98. The summed E-state index contributed by atoms with van der Waals surface area (Å²) in [4.78, 5) is 12.0. The van der Waals surface area contributed by atoms with Crippen LogP contribution in [0.25, 0.3) is 0 Å². The molecule has 5 heteroatoms. The lowest BCUT2D eigenvalue weighted by atomic mass is 10.0. The standard InChI is InChI=1S/C21H26N2O3/c1-5-25-19-9-7-6-8-18(19)13-22-23-21(24)14-26-20-12-17(15(2)3)11-10-16(20)4/h6-13,15H,5,14H2,1-4H3,(H,23,24)/b22-13-. The SMILES string of the molecule is CCOc1ccccc1/C=N\NC(=O)COc1cc(C(C)C)ccc1C. The van der Waals surface area contributed by atoms with Crippen molar-refractivity contribution >= 4 is 12.1 Å². The van der Waals surface area contributed by atoms with Gasteiger partial charge >= 0.3 is 0 Å². The number of hydrogen-bond acceptors (Lipinski definition) is 4. The van der Waals surface area contributed by atoms with E-state index >= 15 is 0 Å². The minimum absolute atomic E-state index is 0.0904. The molecule has 0 saturated carbocycles. The van der Waals surface area contributed by atoms with Crippen LogP contribution in [0.3, 0.4) is 0 Å². The second-order valence-corrected chi connectivity index (χ2v) is 6.23. The van der Waals surface area contributed by atoms with Crippen LogP contribution in [0.2, 0.25) is 0 Å². The first-order valence-electron chi connectivity index (χ1n) is 8.78. The Kier molecular flexibility index (Phi) is 7.21. The van der Waals surface area contributed by atoms with E-state index in [2.05, 4.69) is 30.4 Å². The van der Waals surface area contributed by atoms with Gasteiger partial charge in [-0.25, -0.2) is 5.43 Å². The second kappa shape index (κ2) is 9.61. The molecule has 26 heavy (non-hydrogen) atoms. The summed E-state index contributed by atoms with van der Waals surface area (Å²) >= 11 is 0. The zero-order valence-corrected chi connectivity index (χ0v) is 15.8. The second-order valence-electron chi connectivity index (χ2n) is 6.23. The van der Waals surface area contributed by atoms with Gasteiger partial charge in [0.05, 0.1) is 12.8 Å². The van der Waals surface area contributed by atoms with Crippen molar-refractivity contribution in [3.8, 4) is 11.5 Å². The maximum atomic E-state index is 12.0. The number of hydrogen-bond donors (Lipinski definition) is 1. The molecule has 1 amide bonds. The van der Waals surface area contributed by atoms with Gasteiger partial charge in [-0.15, -0.1) is 0 Å². The first-order valence-corrected chi connectivity index (χ1v) is 8.78. The van der Waals surface area contributed by atoms with Crippen LogP contribution in [-0.2, 0) is 4.79 Å². The van der Waals surface area contributed by atoms with Gasteiger partial charge in [-0.2, -0.15) is 5.10 Å². The number of hydrazone groups is 1. The van der Waals surface area contributed by atoms with Gasteiger partial charge in [0.25, 0.3) is 5.91 Å². The molecule has 0 aromatic heterocycles. The van der Waals surface area contributed by atoms with Gasteiger partial charge in [-0.05, 0) is 49.1 Å². The number of amides is 1. The maximum absolute atomic E-state index is 12.0. The minimum atomic E-state index is -0.315. The van der Waals surface area contributed by atoms with Crippen molar-refractivity contribution in [3.63, 3.8) is 0 Å². The molecule has 2 rings (SSSR count). The normalized spacial score (nSPS) is 11.0. The Morgan fingerprint density at radius 2 is 1.92 bits per heavy atom. The van der Waals surface area contributed by atoms with Crippen molar-refractivity contribution in [2.75, 3.05) is 13.2 Å². The fourth-order valence-electron chi connectivity index (χ4n) is 2.35. The van der Waals surface area contributed by atoms with Crippen molar-refractivity contribution in [1.82, 2.24) is 5.43 Å². The molecule has 0 saturated heterocycles. The van der Waals surface area contributed by atoms with Gasteiger partial charge in [-0.3, -0.25) is 4.79 Å². The molecule has 5 nitrogen and oxygen atoms in total. The molecule has 0 radical (unpaired) electrons. The van der Waals surface area contributed by atoms with Crippen molar-refractivity contribution in [1.29, 1.82) is 0 Å². The Hall–Kier alpha value is -2.82. The lowest BCUT2D eigenvalue weighted by Gasteiger charge is -2.12. The number of carbonyl (C=O) groups is 1. The van der Waals surface area contributed by atoms with Crippen LogP contribution in [0.5, 0.6) is 11.5 Å². The fraction of sp³-hybridized carbons (Fsp3) is 0.333. The van der Waals surface area contributed by atoms with Crippen LogP contribution in [0.1, 0.15) is 43.4 Å². The summed E-state index contributed by atoms with van der Waals surface area (Å²) < 4.78 is 11.2. The number of benzene rings is 2. The number of rotatable bonds is 8. The lowest BCUT2D eigenvalue weighted by molar-refractivity contribution is -0.123. The van der Waals surface area contributed by atoms with Crippen LogP contribution in [0.4, 0.5) is 0 Å². The Morgan fingerprint density at radius 1 is 1.15 bits per heavy atom. The predicted molar refractivity (Wildman–Crippen MR) is 104 cm³/mol.